The normalized spacial score (nSPS) is 16.7. The minimum absolute atomic E-state index is 0.0588. The van der Waals surface area contributed by atoms with Gasteiger partial charge in [-0.15, -0.1) is 0 Å². The standard InChI is InChI=1S/C28H24N2O5/c1-3-15-35-21-8-6-7-19(16-21)26(31)24-25(22-9-4-5-10-23(22)34-2)30(28(33)27(24)32)20-13-11-18(17-29)12-14-20/h4-14,16,25,31H,3,15H2,1-2H3/b26-24-. The van der Waals surface area contributed by atoms with E-state index in [1.165, 1.54) is 12.0 Å². The smallest absolute Gasteiger partial charge is 0.300 e. The molecule has 0 spiro atoms. The maximum atomic E-state index is 13.3. The van der Waals surface area contributed by atoms with Gasteiger partial charge in [0, 0.05) is 16.8 Å². The Bertz CT molecular complexity index is 1340. The van der Waals surface area contributed by atoms with Gasteiger partial charge in [-0.1, -0.05) is 37.3 Å². The van der Waals surface area contributed by atoms with Gasteiger partial charge in [0.25, 0.3) is 11.7 Å². The molecule has 0 radical (unpaired) electrons. The summed E-state index contributed by atoms with van der Waals surface area (Å²) in [6.45, 7) is 2.50. The summed E-state index contributed by atoms with van der Waals surface area (Å²) in [6.07, 6.45) is 0.819. The molecule has 1 aliphatic rings. The van der Waals surface area contributed by atoms with Gasteiger partial charge in [-0.05, 0) is 48.9 Å². The summed E-state index contributed by atoms with van der Waals surface area (Å²) in [6, 6.07) is 21.3. The van der Waals surface area contributed by atoms with Crippen molar-refractivity contribution < 1.29 is 24.2 Å². The Labute approximate surface area is 203 Å². The van der Waals surface area contributed by atoms with Crippen LogP contribution in [0.2, 0.25) is 0 Å². The summed E-state index contributed by atoms with van der Waals surface area (Å²) in [7, 11) is 1.50. The lowest BCUT2D eigenvalue weighted by Gasteiger charge is -2.26. The summed E-state index contributed by atoms with van der Waals surface area (Å²) in [5.74, 6) is -0.902. The molecule has 176 valence electrons. The first-order chi connectivity index (χ1) is 17.0. The summed E-state index contributed by atoms with van der Waals surface area (Å²) in [4.78, 5) is 28.0. The first-order valence-electron chi connectivity index (χ1n) is 11.2. The highest BCUT2D eigenvalue weighted by molar-refractivity contribution is 6.51. The van der Waals surface area contributed by atoms with Gasteiger partial charge in [0.2, 0.25) is 0 Å². The van der Waals surface area contributed by atoms with E-state index in [4.69, 9.17) is 14.7 Å². The third-order valence-electron chi connectivity index (χ3n) is 5.73. The molecule has 1 aliphatic heterocycles. The first kappa shape index (κ1) is 23.6. The van der Waals surface area contributed by atoms with Crippen molar-refractivity contribution in [3.8, 4) is 17.6 Å². The molecule has 1 amide bonds. The maximum absolute atomic E-state index is 13.3. The van der Waals surface area contributed by atoms with E-state index in [2.05, 4.69) is 0 Å². The molecule has 4 rings (SSSR count). The van der Waals surface area contributed by atoms with Gasteiger partial charge < -0.3 is 14.6 Å². The molecule has 1 fully saturated rings. The predicted molar refractivity (Wildman–Crippen MR) is 131 cm³/mol. The number of carbonyl (C=O) groups is 2. The monoisotopic (exact) mass is 468 g/mol. The number of rotatable bonds is 7. The number of carbonyl (C=O) groups excluding carboxylic acids is 2. The third-order valence-corrected chi connectivity index (χ3v) is 5.73. The van der Waals surface area contributed by atoms with E-state index in [1.807, 2.05) is 13.0 Å². The van der Waals surface area contributed by atoms with E-state index in [-0.39, 0.29) is 11.3 Å². The van der Waals surface area contributed by atoms with Crippen LogP contribution in [0.3, 0.4) is 0 Å². The number of para-hydroxylation sites is 1. The fourth-order valence-electron chi connectivity index (χ4n) is 4.09. The zero-order chi connectivity index (χ0) is 24.9. The molecular formula is C28H24N2O5. The zero-order valence-electron chi connectivity index (χ0n) is 19.4. The van der Waals surface area contributed by atoms with E-state index < -0.39 is 17.7 Å². The second-order valence-corrected chi connectivity index (χ2v) is 7.95. The van der Waals surface area contributed by atoms with E-state index in [9.17, 15) is 14.7 Å². The van der Waals surface area contributed by atoms with Gasteiger partial charge in [-0.25, -0.2) is 0 Å². The van der Waals surface area contributed by atoms with Crippen LogP contribution in [0.25, 0.3) is 5.76 Å². The van der Waals surface area contributed by atoms with Crippen LogP contribution >= 0.6 is 0 Å². The number of aliphatic hydroxyl groups is 1. The number of aliphatic hydroxyl groups excluding tert-OH is 1. The number of ketones is 1. The molecule has 1 N–H and O–H groups in total. The molecule has 35 heavy (non-hydrogen) atoms. The van der Waals surface area contributed by atoms with Crippen molar-refractivity contribution in [2.24, 2.45) is 0 Å². The topological polar surface area (TPSA) is 99.9 Å². The van der Waals surface area contributed by atoms with Gasteiger partial charge in [-0.2, -0.15) is 5.26 Å². The molecule has 0 saturated carbocycles. The van der Waals surface area contributed by atoms with Crippen molar-refractivity contribution >= 4 is 23.1 Å². The molecule has 3 aromatic carbocycles. The molecule has 7 nitrogen and oxygen atoms in total. The summed E-state index contributed by atoms with van der Waals surface area (Å²) in [5, 5.41) is 20.5. The summed E-state index contributed by atoms with van der Waals surface area (Å²) in [5.41, 5.74) is 1.68. The molecular weight excluding hydrogens is 444 g/mol. The SMILES string of the molecule is CCCOc1cccc(/C(O)=C2/C(=O)C(=O)N(c3ccc(C#N)cc3)C2c2ccccc2OC)c1. The fourth-order valence-corrected chi connectivity index (χ4v) is 4.09. The lowest BCUT2D eigenvalue weighted by Crippen LogP contribution is -2.29. The number of nitrogens with zero attached hydrogens (tertiary/aromatic N) is 2. The summed E-state index contributed by atoms with van der Waals surface area (Å²) >= 11 is 0. The molecule has 1 unspecified atom stereocenters. The number of hydrogen-bond acceptors (Lipinski definition) is 6. The number of Topliss-reactive ketones (excluding diaryl/α,β-unsaturated/α-hetero) is 1. The Kier molecular flexibility index (Phi) is 6.83. The van der Waals surface area contributed by atoms with Crippen LogP contribution in [0.15, 0.2) is 78.4 Å². The second-order valence-electron chi connectivity index (χ2n) is 7.95. The number of hydrogen-bond donors (Lipinski definition) is 1. The molecule has 1 saturated heterocycles. The number of benzene rings is 3. The lowest BCUT2D eigenvalue weighted by molar-refractivity contribution is -0.132. The van der Waals surface area contributed by atoms with Crippen LogP contribution in [0.4, 0.5) is 5.69 Å². The predicted octanol–water partition coefficient (Wildman–Crippen LogP) is 4.98. The van der Waals surface area contributed by atoms with E-state index in [0.717, 1.165) is 6.42 Å². The molecule has 1 heterocycles. The summed E-state index contributed by atoms with van der Waals surface area (Å²) < 4.78 is 11.2. The Morgan fingerprint density at radius 3 is 2.49 bits per heavy atom. The Hall–Kier alpha value is -4.57. The van der Waals surface area contributed by atoms with Crippen molar-refractivity contribution in [2.45, 2.75) is 19.4 Å². The van der Waals surface area contributed by atoms with E-state index in [1.54, 1.807) is 72.8 Å². The van der Waals surface area contributed by atoms with Crippen molar-refractivity contribution in [3.05, 3.63) is 95.1 Å². The largest absolute Gasteiger partial charge is 0.507 e. The van der Waals surface area contributed by atoms with Crippen LogP contribution in [0, 0.1) is 11.3 Å². The molecule has 1 atom stereocenters. The van der Waals surface area contributed by atoms with Crippen LogP contribution in [0.5, 0.6) is 11.5 Å². The van der Waals surface area contributed by atoms with Crippen LogP contribution in [-0.4, -0.2) is 30.5 Å². The molecule has 3 aromatic rings. The van der Waals surface area contributed by atoms with Crippen molar-refractivity contribution in [1.29, 1.82) is 5.26 Å². The first-order valence-corrected chi connectivity index (χ1v) is 11.2. The van der Waals surface area contributed by atoms with Crippen LogP contribution < -0.4 is 14.4 Å². The number of methoxy groups -OCH3 is 1. The van der Waals surface area contributed by atoms with Gasteiger partial charge in [0.05, 0.1) is 37.0 Å². The van der Waals surface area contributed by atoms with Gasteiger partial charge in [0.15, 0.2) is 0 Å². The quantitative estimate of drug-likeness (QED) is 0.298. The number of anilines is 1. The second kappa shape index (κ2) is 10.1. The van der Waals surface area contributed by atoms with Crippen LogP contribution in [-0.2, 0) is 9.59 Å². The van der Waals surface area contributed by atoms with Crippen molar-refractivity contribution in [3.63, 3.8) is 0 Å². The minimum Gasteiger partial charge on any atom is -0.507 e. The zero-order valence-corrected chi connectivity index (χ0v) is 19.4. The Morgan fingerprint density at radius 2 is 1.80 bits per heavy atom. The van der Waals surface area contributed by atoms with Crippen molar-refractivity contribution in [1.82, 2.24) is 0 Å². The number of amides is 1. The van der Waals surface area contributed by atoms with Gasteiger partial charge >= 0.3 is 0 Å². The number of nitriles is 1. The molecule has 0 bridgehead atoms. The molecule has 7 heteroatoms. The van der Waals surface area contributed by atoms with E-state index in [0.29, 0.717) is 40.5 Å². The molecule has 0 aliphatic carbocycles. The third kappa shape index (κ3) is 4.46. The van der Waals surface area contributed by atoms with Crippen molar-refractivity contribution in [2.75, 3.05) is 18.6 Å². The average molecular weight is 469 g/mol. The molecule has 0 aromatic heterocycles. The van der Waals surface area contributed by atoms with Gasteiger partial charge in [-0.3, -0.25) is 14.5 Å². The maximum Gasteiger partial charge on any atom is 0.300 e. The highest BCUT2D eigenvalue weighted by atomic mass is 16.5. The lowest BCUT2D eigenvalue weighted by atomic mass is 9.94. The van der Waals surface area contributed by atoms with Gasteiger partial charge in [0.1, 0.15) is 17.3 Å². The van der Waals surface area contributed by atoms with Crippen LogP contribution in [0.1, 0.15) is 36.1 Å². The average Bonchev–Trinajstić information content (AvgIpc) is 3.17. The highest BCUT2D eigenvalue weighted by Gasteiger charge is 2.47. The number of ether oxygens (including phenoxy) is 2. The highest BCUT2D eigenvalue weighted by Crippen LogP contribution is 2.45. The van der Waals surface area contributed by atoms with E-state index >= 15 is 0 Å². The Morgan fingerprint density at radius 1 is 1.06 bits per heavy atom. The minimum atomic E-state index is -0.945. The Balaban J connectivity index is 1.92. The fraction of sp³-hybridized carbons (Fsp3) is 0.179.